The highest BCUT2D eigenvalue weighted by atomic mass is 16.5. The van der Waals surface area contributed by atoms with Crippen molar-refractivity contribution in [3.8, 4) is 5.75 Å². The van der Waals surface area contributed by atoms with E-state index in [0.29, 0.717) is 30.2 Å². The molecule has 0 unspecified atom stereocenters. The maximum absolute atomic E-state index is 12.9. The third-order valence-corrected chi connectivity index (χ3v) is 5.32. The first kappa shape index (κ1) is 17.5. The summed E-state index contributed by atoms with van der Waals surface area (Å²) in [5.74, 6) is 1.34. The van der Waals surface area contributed by atoms with Gasteiger partial charge in [-0.25, -0.2) is 9.78 Å². The number of carbonyl (C=O) groups excluding carboxylic acids is 1. The van der Waals surface area contributed by atoms with Gasteiger partial charge in [0.15, 0.2) is 0 Å². The van der Waals surface area contributed by atoms with Gasteiger partial charge in [0.2, 0.25) is 5.65 Å². The molecule has 0 saturated carbocycles. The minimum Gasteiger partial charge on any atom is -0.496 e. The molecule has 1 aliphatic heterocycles. The second-order valence-electron chi connectivity index (χ2n) is 6.82. The molecule has 3 aromatic rings. The highest BCUT2D eigenvalue weighted by Crippen LogP contribution is 2.35. The molecule has 1 fully saturated rings. The lowest BCUT2D eigenvalue weighted by Gasteiger charge is -2.32. The summed E-state index contributed by atoms with van der Waals surface area (Å²) in [6.45, 7) is 3.51. The zero-order valence-electron chi connectivity index (χ0n) is 15.6. The van der Waals surface area contributed by atoms with Gasteiger partial charge in [0.1, 0.15) is 11.3 Å². The lowest BCUT2D eigenvalue weighted by atomic mass is 9.88. The van der Waals surface area contributed by atoms with Gasteiger partial charge in [-0.1, -0.05) is 24.3 Å². The average Bonchev–Trinajstić information content (AvgIpc) is 3.17. The van der Waals surface area contributed by atoms with Crippen LogP contribution in [0.4, 0.5) is 4.79 Å². The molecular weight excluding hydrogens is 342 g/mol. The number of piperidine rings is 1. The number of hydrogen-bond donors (Lipinski definition) is 0. The van der Waals surface area contributed by atoms with Gasteiger partial charge in [-0.2, -0.15) is 4.68 Å². The van der Waals surface area contributed by atoms with Gasteiger partial charge in [-0.05, 0) is 54.5 Å². The van der Waals surface area contributed by atoms with Crippen molar-refractivity contribution in [2.45, 2.75) is 32.1 Å². The Balaban J connectivity index is 1.48. The number of carbonyl (C=O) groups is 1. The number of pyridine rings is 1. The lowest BCUT2D eigenvalue weighted by Crippen LogP contribution is -2.40. The number of aryl methyl sites for hydroxylation is 1. The third-order valence-electron chi connectivity index (χ3n) is 5.32. The number of hydrogen-bond acceptors (Lipinski definition) is 5. The van der Waals surface area contributed by atoms with Gasteiger partial charge in [-0.3, -0.25) is 0 Å². The summed E-state index contributed by atoms with van der Waals surface area (Å²) < 4.78 is 6.96. The molecule has 3 heterocycles. The number of nitrogens with zero attached hydrogens (tertiary/aromatic N) is 5. The van der Waals surface area contributed by atoms with Crippen LogP contribution in [0.2, 0.25) is 0 Å². The molecule has 1 aliphatic rings. The van der Waals surface area contributed by atoms with Crippen LogP contribution in [0, 0.1) is 0 Å². The molecule has 7 nitrogen and oxygen atoms in total. The maximum atomic E-state index is 12.9. The number of amides is 1. The van der Waals surface area contributed by atoms with E-state index >= 15 is 0 Å². The Morgan fingerprint density at radius 2 is 2.07 bits per heavy atom. The number of fused-ring (bicyclic) bond motifs is 1. The van der Waals surface area contributed by atoms with Crippen LogP contribution in [-0.4, -0.2) is 51.1 Å². The molecule has 0 atom stereocenters. The minimum atomic E-state index is -0.141. The van der Waals surface area contributed by atoms with Crippen molar-refractivity contribution in [1.29, 1.82) is 0 Å². The van der Waals surface area contributed by atoms with E-state index in [9.17, 15) is 4.79 Å². The molecule has 2 aromatic heterocycles. The highest BCUT2D eigenvalue weighted by molar-refractivity contribution is 5.86. The highest BCUT2D eigenvalue weighted by Gasteiger charge is 2.27. The monoisotopic (exact) mass is 365 g/mol. The van der Waals surface area contributed by atoms with Crippen LogP contribution in [0.5, 0.6) is 5.75 Å². The lowest BCUT2D eigenvalue weighted by molar-refractivity contribution is 0.180. The topological polar surface area (TPSA) is 73.1 Å². The molecule has 7 heteroatoms. The van der Waals surface area contributed by atoms with Crippen LogP contribution in [0.1, 0.15) is 36.8 Å². The number of methoxy groups -OCH3 is 1. The van der Waals surface area contributed by atoms with Crippen LogP contribution in [0.15, 0.2) is 36.5 Å². The second-order valence-corrected chi connectivity index (χ2v) is 6.82. The Morgan fingerprint density at radius 3 is 2.81 bits per heavy atom. The third kappa shape index (κ3) is 3.25. The standard InChI is InChI=1S/C20H23N5O2/c1-3-14-6-7-16(18(13-14)27-2)15-8-11-24(12-9-15)20(26)25-17-5-4-10-21-19(17)22-23-25/h4-7,10,13,15H,3,8-9,11-12H2,1-2H3. The summed E-state index contributed by atoms with van der Waals surface area (Å²) in [6.07, 6.45) is 4.44. The van der Waals surface area contributed by atoms with Crippen LogP contribution >= 0.6 is 0 Å². The number of benzene rings is 1. The van der Waals surface area contributed by atoms with Crippen molar-refractivity contribution in [3.63, 3.8) is 0 Å². The predicted molar refractivity (Wildman–Crippen MR) is 102 cm³/mol. The average molecular weight is 365 g/mol. The fourth-order valence-corrected chi connectivity index (χ4v) is 3.74. The zero-order valence-corrected chi connectivity index (χ0v) is 15.6. The van der Waals surface area contributed by atoms with Gasteiger partial charge < -0.3 is 9.64 Å². The number of likely N-dealkylation sites (tertiary alicyclic amines) is 1. The van der Waals surface area contributed by atoms with Crippen molar-refractivity contribution >= 4 is 17.2 Å². The van der Waals surface area contributed by atoms with Gasteiger partial charge in [0.05, 0.1) is 7.11 Å². The minimum absolute atomic E-state index is 0.141. The first-order valence-corrected chi connectivity index (χ1v) is 9.33. The molecule has 0 N–H and O–H groups in total. The number of ether oxygens (including phenoxy) is 1. The van der Waals surface area contributed by atoms with Gasteiger partial charge in [-0.15, -0.1) is 5.10 Å². The van der Waals surface area contributed by atoms with E-state index in [4.69, 9.17) is 4.74 Å². The summed E-state index contributed by atoms with van der Waals surface area (Å²) in [7, 11) is 1.72. The zero-order chi connectivity index (χ0) is 18.8. The Bertz CT molecular complexity index is 960. The van der Waals surface area contributed by atoms with Crippen molar-refractivity contribution < 1.29 is 9.53 Å². The molecule has 1 saturated heterocycles. The van der Waals surface area contributed by atoms with E-state index in [-0.39, 0.29) is 6.03 Å². The van der Waals surface area contributed by atoms with E-state index in [0.717, 1.165) is 25.0 Å². The first-order valence-electron chi connectivity index (χ1n) is 9.33. The number of aromatic nitrogens is 4. The quantitative estimate of drug-likeness (QED) is 0.712. The molecule has 4 rings (SSSR count). The Hall–Kier alpha value is -2.96. The number of rotatable bonds is 3. The van der Waals surface area contributed by atoms with Gasteiger partial charge in [0, 0.05) is 19.3 Å². The van der Waals surface area contributed by atoms with Crippen LogP contribution in [-0.2, 0) is 6.42 Å². The van der Waals surface area contributed by atoms with Crippen LogP contribution < -0.4 is 4.74 Å². The normalized spacial score (nSPS) is 15.3. The predicted octanol–water partition coefficient (Wildman–Crippen LogP) is 3.25. The van der Waals surface area contributed by atoms with E-state index in [1.807, 2.05) is 11.0 Å². The Kier molecular flexibility index (Phi) is 4.75. The largest absolute Gasteiger partial charge is 0.496 e. The van der Waals surface area contributed by atoms with Crippen molar-refractivity contribution in [1.82, 2.24) is 24.9 Å². The summed E-state index contributed by atoms with van der Waals surface area (Å²) in [5.41, 5.74) is 3.63. The first-order chi connectivity index (χ1) is 13.2. The SMILES string of the molecule is CCc1ccc(C2CCN(C(=O)n3nnc4ncccc43)CC2)c(OC)c1. The molecular formula is C20H23N5O2. The summed E-state index contributed by atoms with van der Waals surface area (Å²) in [4.78, 5) is 18.8. The molecule has 0 spiro atoms. The van der Waals surface area contributed by atoms with Crippen LogP contribution in [0.25, 0.3) is 11.2 Å². The Labute approximate surface area is 157 Å². The molecule has 1 amide bonds. The fraction of sp³-hybridized carbons (Fsp3) is 0.400. The van der Waals surface area contributed by atoms with Crippen molar-refractivity contribution in [2.75, 3.05) is 20.2 Å². The van der Waals surface area contributed by atoms with E-state index in [1.54, 1.807) is 19.4 Å². The molecule has 0 radical (unpaired) electrons. The second kappa shape index (κ2) is 7.34. The Morgan fingerprint density at radius 1 is 1.26 bits per heavy atom. The molecule has 1 aromatic carbocycles. The van der Waals surface area contributed by atoms with Crippen molar-refractivity contribution in [2.24, 2.45) is 0 Å². The maximum Gasteiger partial charge on any atom is 0.346 e. The summed E-state index contributed by atoms with van der Waals surface area (Å²) >= 11 is 0. The van der Waals surface area contributed by atoms with E-state index in [2.05, 4.69) is 40.4 Å². The van der Waals surface area contributed by atoms with Gasteiger partial charge in [0.25, 0.3) is 0 Å². The molecule has 140 valence electrons. The van der Waals surface area contributed by atoms with E-state index in [1.165, 1.54) is 15.8 Å². The smallest absolute Gasteiger partial charge is 0.346 e. The molecule has 0 aliphatic carbocycles. The van der Waals surface area contributed by atoms with E-state index < -0.39 is 0 Å². The summed E-state index contributed by atoms with van der Waals surface area (Å²) in [6, 6.07) is 9.93. The fourth-order valence-electron chi connectivity index (χ4n) is 3.74. The van der Waals surface area contributed by atoms with Crippen LogP contribution in [0.3, 0.4) is 0 Å². The summed E-state index contributed by atoms with van der Waals surface area (Å²) in [5, 5.41) is 7.96. The van der Waals surface area contributed by atoms with Crippen molar-refractivity contribution in [3.05, 3.63) is 47.7 Å². The van der Waals surface area contributed by atoms with Gasteiger partial charge >= 0.3 is 6.03 Å². The molecule has 27 heavy (non-hydrogen) atoms. The molecule has 0 bridgehead atoms.